The maximum atomic E-state index is 9.77. The van der Waals surface area contributed by atoms with Crippen molar-refractivity contribution >= 4 is 54.3 Å². The molecule has 45 heavy (non-hydrogen) atoms. The van der Waals surface area contributed by atoms with E-state index < -0.39 is 0 Å². The molecular formula is C41H24N4. The van der Waals surface area contributed by atoms with Gasteiger partial charge in [0.1, 0.15) is 0 Å². The third kappa shape index (κ3) is 3.85. The van der Waals surface area contributed by atoms with Crippen molar-refractivity contribution in [2.75, 3.05) is 0 Å². The van der Waals surface area contributed by atoms with Crippen molar-refractivity contribution < 1.29 is 0 Å². The van der Waals surface area contributed by atoms with Crippen LogP contribution in [0.3, 0.4) is 0 Å². The zero-order chi connectivity index (χ0) is 29.9. The molecule has 0 unspecified atom stereocenters. The summed E-state index contributed by atoms with van der Waals surface area (Å²) in [6.45, 7) is 0. The van der Waals surface area contributed by atoms with Gasteiger partial charge >= 0.3 is 0 Å². The second-order valence-corrected chi connectivity index (χ2v) is 11.4. The highest BCUT2D eigenvalue weighted by Crippen LogP contribution is 2.43. The molecule has 0 saturated carbocycles. The van der Waals surface area contributed by atoms with Gasteiger partial charge in [-0.05, 0) is 88.6 Å². The van der Waals surface area contributed by atoms with Crippen LogP contribution < -0.4 is 0 Å². The van der Waals surface area contributed by atoms with Crippen molar-refractivity contribution in [2.45, 2.75) is 0 Å². The highest BCUT2D eigenvalue weighted by Gasteiger charge is 2.18. The number of nitrogens with zero attached hydrogens (tertiary/aromatic N) is 4. The van der Waals surface area contributed by atoms with Gasteiger partial charge < -0.3 is 4.57 Å². The van der Waals surface area contributed by atoms with Gasteiger partial charge in [-0.1, -0.05) is 66.7 Å². The zero-order valence-electron chi connectivity index (χ0n) is 24.1. The van der Waals surface area contributed by atoms with E-state index in [2.05, 4.69) is 119 Å². The van der Waals surface area contributed by atoms with Crippen LogP contribution in [0.4, 0.5) is 0 Å². The van der Waals surface area contributed by atoms with E-state index in [1.165, 1.54) is 16.2 Å². The van der Waals surface area contributed by atoms with Crippen LogP contribution >= 0.6 is 0 Å². The lowest BCUT2D eigenvalue weighted by molar-refractivity contribution is 1.18. The molecule has 9 aromatic rings. The Morgan fingerprint density at radius 3 is 2.09 bits per heavy atom. The van der Waals surface area contributed by atoms with Crippen LogP contribution in [0.1, 0.15) is 5.56 Å². The fourth-order valence-corrected chi connectivity index (χ4v) is 6.89. The van der Waals surface area contributed by atoms with Crippen LogP contribution in [0.5, 0.6) is 0 Å². The van der Waals surface area contributed by atoms with Crippen molar-refractivity contribution in [1.29, 1.82) is 5.26 Å². The van der Waals surface area contributed by atoms with E-state index in [4.69, 9.17) is 4.98 Å². The standard InChI is InChI=1S/C41H24N4/c42-24-26-16-18-38-34(21-26)35-22-27(17-19-39(35)45(38)29-10-2-1-3-11-29)33-23-36-40(31-13-5-4-12-30(31)33)32-14-6-7-15-37(32)44-41(36)28-9-8-20-43-25-28/h1-23,25H. The summed E-state index contributed by atoms with van der Waals surface area (Å²) >= 11 is 0. The fraction of sp³-hybridized carbons (Fsp3) is 0. The molecule has 0 aliphatic heterocycles. The number of hydrogen-bond donors (Lipinski definition) is 0. The Hall–Kier alpha value is -6.31. The van der Waals surface area contributed by atoms with Crippen molar-refractivity contribution in [3.8, 4) is 34.1 Å². The summed E-state index contributed by atoms with van der Waals surface area (Å²) in [4.78, 5) is 9.62. The number of aromatic nitrogens is 3. The molecule has 3 aromatic heterocycles. The van der Waals surface area contributed by atoms with E-state index in [1.54, 1.807) is 6.20 Å². The third-order valence-corrected chi connectivity index (χ3v) is 8.86. The quantitative estimate of drug-likeness (QED) is 0.198. The minimum Gasteiger partial charge on any atom is -0.309 e. The average Bonchev–Trinajstić information content (AvgIpc) is 3.44. The van der Waals surface area contributed by atoms with Crippen LogP contribution in [0.25, 0.3) is 82.3 Å². The average molecular weight is 573 g/mol. The number of benzene rings is 6. The van der Waals surface area contributed by atoms with Gasteiger partial charge in [-0.25, -0.2) is 4.98 Å². The second-order valence-electron chi connectivity index (χ2n) is 11.4. The van der Waals surface area contributed by atoms with Crippen molar-refractivity contribution in [1.82, 2.24) is 14.5 Å². The van der Waals surface area contributed by atoms with Gasteiger partial charge in [0.15, 0.2) is 0 Å². The Kier molecular flexibility index (Phi) is 5.53. The first-order valence-corrected chi connectivity index (χ1v) is 15.0. The van der Waals surface area contributed by atoms with E-state index in [9.17, 15) is 5.26 Å². The summed E-state index contributed by atoms with van der Waals surface area (Å²) in [7, 11) is 0. The van der Waals surface area contributed by atoms with Gasteiger partial charge in [0.25, 0.3) is 0 Å². The summed E-state index contributed by atoms with van der Waals surface area (Å²) in [5.41, 5.74) is 9.03. The van der Waals surface area contributed by atoms with Crippen LogP contribution in [-0.4, -0.2) is 14.5 Å². The molecule has 4 heteroatoms. The van der Waals surface area contributed by atoms with E-state index in [-0.39, 0.29) is 0 Å². The Balaban J connectivity index is 1.40. The molecule has 0 atom stereocenters. The molecule has 6 aromatic carbocycles. The van der Waals surface area contributed by atoms with E-state index in [1.807, 2.05) is 36.5 Å². The normalized spacial score (nSPS) is 11.5. The first-order valence-electron chi connectivity index (χ1n) is 15.0. The number of rotatable bonds is 3. The molecule has 3 heterocycles. The summed E-state index contributed by atoms with van der Waals surface area (Å²) in [6.07, 6.45) is 3.69. The third-order valence-electron chi connectivity index (χ3n) is 8.86. The van der Waals surface area contributed by atoms with E-state index in [0.717, 1.165) is 66.2 Å². The molecule has 0 aliphatic rings. The second kappa shape index (κ2) is 9.87. The molecule has 0 amide bonds. The van der Waals surface area contributed by atoms with Crippen LogP contribution in [0.2, 0.25) is 0 Å². The van der Waals surface area contributed by atoms with Gasteiger partial charge in [-0.2, -0.15) is 5.26 Å². The fourth-order valence-electron chi connectivity index (χ4n) is 6.89. The number of hydrogen-bond acceptors (Lipinski definition) is 3. The predicted molar refractivity (Wildman–Crippen MR) is 184 cm³/mol. The smallest absolute Gasteiger partial charge is 0.0991 e. The molecule has 208 valence electrons. The molecule has 0 aliphatic carbocycles. The molecule has 0 spiro atoms. The highest BCUT2D eigenvalue weighted by molar-refractivity contribution is 6.25. The predicted octanol–water partition coefficient (Wildman–Crippen LogP) is 10.2. The molecule has 4 nitrogen and oxygen atoms in total. The van der Waals surface area contributed by atoms with Gasteiger partial charge in [0.05, 0.1) is 33.9 Å². The van der Waals surface area contributed by atoms with Crippen molar-refractivity contribution in [3.63, 3.8) is 0 Å². The number of para-hydroxylation sites is 2. The summed E-state index contributed by atoms with van der Waals surface area (Å²) < 4.78 is 2.28. The van der Waals surface area contributed by atoms with E-state index >= 15 is 0 Å². The summed E-state index contributed by atoms with van der Waals surface area (Å²) in [5.74, 6) is 0. The molecular weight excluding hydrogens is 548 g/mol. The molecule has 0 fully saturated rings. The zero-order valence-corrected chi connectivity index (χ0v) is 24.1. The van der Waals surface area contributed by atoms with Crippen LogP contribution in [0.15, 0.2) is 146 Å². The number of nitriles is 1. The topological polar surface area (TPSA) is 54.5 Å². The molecule has 9 rings (SSSR count). The Morgan fingerprint density at radius 2 is 1.29 bits per heavy atom. The number of fused-ring (bicyclic) bond motifs is 8. The minimum absolute atomic E-state index is 0.648. The highest BCUT2D eigenvalue weighted by atomic mass is 15.0. The SMILES string of the molecule is N#Cc1ccc2c(c1)c1cc(-c3cc4c(-c5cccnc5)nc5ccccc5c4c4ccccc34)ccc1n2-c1ccccc1. The van der Waals surface area contributed by atoms with Crippen molar-refractivity contribution in [2.24, 2.45) is 0 Å². The minimum atomic E-state index is 0.648. The Labute approximate surface area is 259 Å². The molecule has 0 bridgehead atoms. The summed E-state index contributed by atoms with van der Waals surface area (Å²) in [6, 6.07) is 48.8. The first kappa shape index (κ1) is 25.2. The van der Waals surface area contributed by atoms with Crippen LogP contribution in [0, 0.1) is 11.3 Å². The Bertz CT molecular complexity index is 2650. The molecule has 0 saturated heterocycles. The molecule has 0 N–H and O–H groups in total. The van der Waals surface area contributed by atoms with Gasteiger partial charge in [0.2, 0.25) is 0 Å². The monoisotopic (exact) mass is 572 g/mol. The maximum absolute atomic E-state index is 9.77. The van der Waals surface area contributed by atoms with Gasteiger partial charge in [-0.3, -0.25) is 4.98 Å². The van der Waals surface area contributed by atoms with Gasteiger partial charge in [0, 0.05) is 50.6 Å². The number of pyridine rings is 2. The van der Waals surface area contributed by atoms with Crippen LogP contribution in [-0.2, 0) is 0 Å². The largest absolute Gasteiger partial charge is 0.309 e. The molecule has 0 radical (unpaired) electrons. The Morgan fingerprint density at radius 1 is 0.556 bits per heavy atom. The van der Waals surface area contributed by atoms with Gasteiger partial charge in [-0.15, -0.1) is 0 Å². The summed E-state index contributed by atoms with van der Waals surface area (Å²) in [5, 5.41) is 17.7. The van der Waals surface area contributed by atoms with Crippen molar-refractivity contribution in [3.05, 3.63) is 151 Å². The maximum Gasteiger partial charge on any atom is 0.0991 e. The lowest BCUT2D eigenvalue weighted by Gasteiger charge is -2.16. The lowest BCUT2D eigenvalue weighted by atomic mass is 9.89. The van der Waals surface area contributed by atoms with E-state index in [0.29, 0.717) is 5.56 Å². The lowest BCUT2D eigenvalue weighted by Crippen LogP contribution is -1.94. The first-order chi connectivity index (χ1) is 22.3.